The lowest BCUT2D eigenvalue weighted by molar-refractivity contribution is -0.388. The van der Waals surface area contributed by atoms with Crippen LogP contribution in [-0.2, 0) is 0 Å². The van der Waals surface area contributed by atoms with Crippen LogP contribution in [0.1, 0.15) is 11.5 Å². The molecule has 0 saturated carbocycles. The molecule has 0 aliphatic carbocycles. The van der Waals surface area contributed by atoms with E-state index in [1.165, 1.54) is 0 Å². The van der Waals surface area contributed by atoms with Crippen molar-refractivity contribution in [3.63, 3.8) is 0 Å². The molecule has 7 nitrogen and oxygen atoms in total. The summed E-state index contributed by atoms with van der Waals surface area (Å²) in [6.07, 6.45) is 1.06. The molecule has 0 atom stereocenters. The van der Waals surface area contributed by atoms with Gasteiger partial charge < -0.3 is 4.42 Å². The number of nitrogens with zero attached hydrogens (tertiary/aromatic N) is 4. The first-order chi connectivity index (χ1) is 8.47. The summed E-state index contributed by atoms with van der Waals surface area (Å²) in [7, 11) is 0. The second-order valence-corrected chi connectivity index (χ2v) is 4.59. The molecule has 9 heteroatoms. The van der Waals surface area contributed by atoms with Gasteiger partial charge in [-0.2, -0.15) is 0 Å². The van der Waals surface area contributed by atoms with Gasteiger partial charge >= 0.3 is 5.69 Å². The fraction of sp³-hybridized carbons (Fsp3) is 0.222. The van der Waals surface area contributed by atoms with Gasteiger partial charge in [-0.3, -0.25) is 10.1 Å². The second kappa shape index (κ2) is 4.91. The van der Waals surface area contributed by atoms with E-state index < -0.39 is 4.92 Å². The van der Waals surface area contributed by atoms with Gasteiger partial charge in [0, 0.05) is 0 Å². The van der Waals surface area contributed by atoms with Crippen LogP contribution in [0.2, 0.25) is 5.28 Å². The van der Waals surface area contributed by atoms with Crippen molar-refractivity contribution in [1.82, 2.24) is 15.0 Å². The summed E-state index contributed by atoms with van der Waals surface area (Å²) in [6.45, 7) is 3.54. The fourth-order valence-corrected chi connectivity index (χ4v) is 2.17. The molecule has 0 radical (unpaired) electrons. The normalized spacial score (nSPS) is 10.6. The highest BCUT2D eigenvalue weighted by atomic mass is 35.5. The smallest absolute Gasteiger partial charge is 0.320 e. The van der Waals surface area contributed by atoms with E-state index in [9.17, 15) is 10.1 Å². The average molecular weight is 287 g/mol. The molecule has 2 rings (SSSR count). The van der Waals surface area contributed by atoms with Crippen molar-refractivity contribution in [1.29, 1.82) is 0 Å². The van der Waals surface area contributed by atoms with Gasteiger partial charge in [0.15, 0.2) is 5.03 Å². The largest absolute Gasteiger partial charge is 0.436 e. The fourth-order valence-electron chi connectivity index (χ4n) is 1.11. The number of hydrogen-bond donors (Lipinski definition) is 0. The minimum absolute atomic E-state index is 0.0666. The minimum Gasteiger partial charge on any atom is -0.436 e. The Balaban J connectivity index is 2.38. The first-order valence-corrected chi connectivity index (χ1v) is 5.95. The van der Waals surface area contributed by atoms with Gasteiger partial charge in [0.1, 0.15) is 12.0 Å². The van der Waals surface area contributed by atoms with E-state index in [1.807, 2.05) is 0 Å². The third-order valence-corrected chi connectivity index (χ3v) is 3.12. The molecule has 0 N–H and O–H groups in total. The van der Waals surface area contributed by atoms with Crippen molar-refractivity contribution >= 4 is 29.1 Å². The maximum Gasteiger partial charge on any atom is 0.320 e. The molecule has 0 bridgehead atoms. The van der Waals surface area contributed by atoms with Gasteiger partial charge in [0.05, 0.1) is 10.6 Å². The number of rotatable bonds is 3. The van der Waals surface area contributed by atoms with Crippen LogP contribution in [0.4, 0.5) is 5.69 Å². The Bertz CT molecular complexity index is 596. The maximum absolute atomic E-state index is 10.8. The highest BCUT2D eigenvalue weighted by Gasteiger charge is 2.20. The van der Waals surface area contributed by atoms with E-state index in [0.29, 0.717) is 5.76 Å². The first kappa shape index (κ1) is 12.8. The van der Waals surface area contributed by atoms with Crippen LogP contribution in [-0.4, -0.2) is 19.9 Å². The maximum atomic E-state index is 10.8. The molecule has 0 fully saturated rings. The molecule has 2 heterocycles. The van der Waals surface area contributed by atoms with Crippen LogP contribution in [0, 0.1) is 24.0 Å². The van der Waals surface area contributed by atoms with Gasteiger partial charge in [0.2, 0.25) is 5.28 Å². The summed E-state index contributed by atoms with van der Waals surface area (Å²) in [5, 5.41) is 11.1. The monoisotopic (exact) mass is 286 g/mol. The number of aromatic nitrogens is 3. The Morgan fingerprint density at radius 1 is 1.44 bits per heavy atom. The lowest BCUT2D eigenvalue weighted by atomic mass is 10.4. The molecule has 0 spiro atoms. The van der Waals surface area contributed by atoms with Crippen LogP contribution >= 0.6 is 23.4 Å². The molecular formula is C9H7ClN4O3S. The van der Waals surface area contributed by atoms with Crippen LogP contribution < -0.4 is 0 Å². The number of halogens is 1. The first-order valence-electron chi connectivity index (χ1n) is 4.76. The lowest BCUT2D eigenvalue weighted by Gasteiger charge is -1.98. The number of hydrogen-bond acceptors (Lipinski definition) is 7. The summed E-state index contributed by atoms with van der Waals surface area (Å²) in [5.74, 6) is 0.653. The van der Waals surface area contributed by atoms with E-state index in [1.54, 1.807) is 13.8 Å². The molecule has 0 aliphatic rings. The lowest BCUT2D eigenvalue weighted by Crippen LogP contribution is -1.95. The highest BCUT2D eigenvalue weighted by molar-refractivity contribution is 7.99. The quantitative estimate of drug-likeness (QED) is 0.370. The molecule has 0 aromatic carbocycles. The van der Waals surface area contributed by atoms with E-state index in [4.69, 9.17) is 16.0 Å². The van der Waals surface area contributed by atoms with Crippen molar-refractivity contribution in [3.05, 3.63) is 33.0 Å². The molecule has 0 amide bonds. The molecular weight excluding hydrogens is 280 g/mol. The Kier molecular flexibility index (Phi) is 3.48. The van der Waals surface area contributed by atoms with E-state index in [2.05, 4.69) is 15.0 Å². The molecule has 2 aromatic heterocycles. The second-order valence-electron chi connectivity index (χ2n) is 3.31. The Labute approximate surface area is 111 Å². The molecule has 94 valence electrons. The zero-order valence-corrected chi connectivity index (χ0v) is 10.9. The standard InChI is InChI=1S/C9H7ClN4O3S/c1-4-5(2)17-9(12-4)18-7-6(14(15)16)3-11-8(10)13-7/h3H,1-2H3. The third kappa shape index (κ3) is 2.59. The topological polar surface area (TPSA) is 95.0 Å². The highest BCUT2D eigenvalue weighted by Crippen LogP contribution is 2.33. The Morgan fingerprint density at radius 2 is 2.17 bits per heavy atom. The van der Waals surface area contributed by atoms with Crippen molar-refractivity contribution in [2.75, 3.05) is 0 Å². The van der Waals surface area contributed by atoms with Gasteiger partial charge in [-0.05, 0) is 37.2 Å². The molecule has 0 aliphatic heterocycles. The van der Waals surface area contributed by atoms with Gasteiger partial charge in [-0.15, -0.1) is 0 Å². The van der Waals surface area contributed by atoms with Gasteiger partial charge in [-0.1, -0.05) is 0 Å². The predicted octanol–water partition coefficient (Wildman–Crippen LogP) is 2.79. The van der Waals surface area contributed by atoms with Crippen molar-refractivity contribution in [3.8, 4) is 0 Å². The van der Waals surface area contributed by atoms with E-state index in [-0.39, 0.29) is 21.2 Å². The summed E-state index contributed by atoms with van der Waals surface area (Å²) < 4.78 is 5.32. The summed E-state index contributed by atoms with van der Waals surface area (Å²) in [6, 6.07) is 0. The van der Waals surface area contributed by atoms with Crippen LogP contribution in [0.5, 0.6) is 0 Å². The Morgan fingerprint density at radius 3 is 2.72 bits per heavy atom. The summed E-state index contributed by atoms with van der Waals surface area (Å²) >= 11 is 6.55. The van der Waals surface area contributed by atoms with E-state index >= 15 is 0 Å². The van der Waals surface area contributed by atoms with E-state index in [0.717, 1.165) is 23.7 Å². The average Bonchev–Trinajstić information content (AvgIpc) is 2.57. The van der Waals surface area contributed by atoms with Crippen LogP contribution in [0.15, 0.2) is 20.9 Å². The number of nitro groups is 1. The number of oxazole rings is 1. The molecule has 2 aromatic rings. The minimum atomic E-state index is -0.582. The number of aryl methyl sites for hydroxylation is 2. The third-order valence-electron chi connectivity index (χ3n) is 2.10. The predicted molar refractivity (Wildman–Crippen MR) is 63.8 cm³/mol. The zero-order chi connectivity index (χ0) is 13.3. The van der Waals surface area contributed by atoms with Crippen molar-refractivity contribution in [2.24, 2.45) is 0 Å². The molecule has 18 heavy (non-hydrogen) atoms. The van der Waals surface area contributed by atoms with Gasteiger partial charge in [-0.25, -0.2) is 15.0 Å². The SMILES string of the molecule is Cc1nc(Sc2nc(Cl)ncc2[N+](=O)[O-])oc1C. The summed E-state index contributed by atoms with van der Waals surface area (Å²) in [5.41, 5.74) is 0.484. The van der Waals surface area contributed by atoms with Crippen molar-refractivity contribution < 1.29 is 9.34 Å². The van der Waals surface area contributed by atoms with Crippen molar-refractivity contribution in [2.45, 2.75) is 24.1 Å². The summed E-state index contributed by atoms with van der Waals surface area (Å²) in [4.78, 5) is 21.7. The Hall–Kier alpha value is -1.67. The molecule has 0 saturated heterocycles. The molecule has 0 unspecified atom stereocenters. The zero-order valence-electron chi connectivity index (χ0n) is 9.38. The van der Waals surface area contributed by atoms with Crippen LogP contribution in [0.25, 0.3) is 0 Å². The van der Waals surface area contributed by atoms with Gasteiger partial charge in [0.25, 0.3) is 5.22 Å². The van der Waals surface area contributed by atoms with Crippen LogP contribution in [0.3, 0.4) is 0 Å².